The molecule has 2 rings (SSSR count). The summed E-state index contributed by atoms with van der Waals surface area (Å²) in [5, 5.41) is 6.29. The van der Waals surface area contributed by atoms with Gasteiger partial charge in [0.2, 0.25) is 0 Å². The van der Waals surface area contributed by atoms with Crippen LogP contribution in [0.4, 0.5) is 18.9 Å². The molecule has 0 unspecified atom stereocenters. The Balaban J connectivity index is 1.84. The second-order valence-electron chi connectivity index (χ2n) is 5.27. The molecule has 0 spiro atoms. The summed E-state index contributed by atoms with van der Waals surface area (Å²) in [5.74, 6) is 0. The molecular formula is C17H15Cl2F3N2S. The molecule has 0 aromatic heterocycles. The Morgan fingerprint density at radius 2 is 1.76 bits per heavy atom. The lowest BCUT2D eigenvalue weighted by Crippen LogP contribution is -2.29. The minimum atomic E-state index is -4.52. The Morgan fingerprint density at radius 1 is 1.04 bits per heavy atom. The maximum absolute atomic E-state index is 12.8. The Labute approximate surface area is 159 Å². The zero-order chi connectivity index (χ0) is 18.4. The zero-order valence-corrected chi connectivity index (χ0v) is 15.3. The van der Waals surface area contributed by atoms with E-state index in [9.17, 15) is 13.2 Å². The maximum atomic E-state index is 12.8. The SMILES string of the molecule is FC(F)(F)c1cc(NC(=S)NCCCc2ccccc2Cl)ccc1Cl. The van der Waals surface area contributed by atoms with Crippen LogP contribution < -0.4 is 10.6 Å². The summed E-state index contributed by atoms with van der Waals surface area (Å²) in [6.45, 7) is 0.566. The number of aryl methyl sites for hydroxylation is 1. The van der Waals surface area contributed by atoms with Gasteiger partial charge in [0.1, 0.15) is 0 Å². The molecule has 8 heteroatoms. The molecule has 2 nitrogen and oxygen atoms in total. The lowest BCUT2D eigenvalue weighted by atomic mass is 10.1. The third-order valence-electron chi connectivity index (χ3n) is 3.40. The average molecular weight is 407 g/mol. The molecule has 2 N–H and O–H groups in total. The molecule has 0 amide bonds. The van der Waals surface area contributed by atoms with Gasteiger partial charge in [0, 0.05) is 17.3 Å². The first-order valence-corrected chi connectivity index (χ1v) is 8.59. The van der Waals surface area contributed by atoms with Gasteiger partial charge in [-0.05, 0) is 54.9 Å². The average Bonchev–Trinajstić information content (AvgIpc) is 2.54. The van der Waals surface area contributed by atoms with Crippen molar-refractivity contribution in [3.8, 4) is 0 Å². The van der Waals surface area contributed by atoms with Crippen molar-refractivity contribution in [3.63, 3.8) is 0 Å². The van der Waals surface area contributed by atoms with E-state index in [1.165, 1.54) is 12.1 Å². The summed E-state index contributed by atoms with van der Waals surface area (Å²) in [6.07, 6.45) is -2.97. The minimum Gasteiger partial charge on any atom is -0.362 e. The second kappa shape index (κ2) is 8.74. The molecule has 2 aromatic carbocycles. The first-order chi connectivity index (χ1) is 11.8. The van der Waals surface area contributed by atoms with E-state index in [0.29, 0.717) is 11.6 Å². The predicted molar refractivity (Wildman–Crippen MR) is 100 cm³/mol. The first kappa shape index (κ1) is 19.8. The van der Waals surface area contributed by atoms with E-state index in [-0.39, 0.29) is 15.8 Å². The van der Waals surface area contributed by atoms with Crippen molar-refractivity contribution in [2.45, 2.75) is 19.0 Å². The van der Waals surface area contributed by atoms with Gasteiger partial charge in [0.25, 0.3) is 0 Å². The third-order valence-corrected chi connectivity index (χ3v) is 4.34. The number of benzene rings is 2. The van der Waals surface area contributed by atoms with Gasteiger partial charge in [-0.3, -0.25) is 0 Å². The number of thiocarbonyl (C=S) groups is 1. The smallest absolute Gasteiger partial charge is 0.362 e. The highest BCUT2D eigenvalue weighted by molar-refractivity contribution is 7.80. The second-order valence-corrected chi connectivity index (χ2v) is 6.49. The fourth-order valence-electron chi connectivity index (χ4n) is 2.18. The number of alkyl halides is 3. The maximum Gasteiger partial charge on any atom is 0.417 e. The Morgan fingerprint density at radius 3 is 2.44 bits per heavy atom. The van der Waals surface area contributed by atoms with Gasteiger partial charge >= 0.3 is 6.18 Å². The highest BCUT2D eigenvalue weighted by Gasteiger charge is 2.33. The van der Waals surface area contributed by atoms with Gasteiger partial charge in [-0.15, -0.1) is 0 Å². The highest BCUT2D eigenvalue weighted by Crippen LogP contribution is 2.36. The predicted octanol–water partition coefficient (Wildman–Crippen LogP) is 5.93. The van der Waals surface area contributed by atoms with Crippen molar-refractivity contribution in [1.82, 2.24) is 5.32 Å². The quantitative estimate of drug-likeness (QED) is 0.475. The van der Waals surface area contributed by atoms with Crippen molar-refractivity contribution in [2.24, 2.45) is 0 Å². The monoisotopic (exact) mass is 406 g/mol. The molecule has 0 aliphatic carbocycles. The van der Waals surface area contributed by atoms with Crippen LogP contribution in [0.2, 0.25) is 10.0 Å². The zero-order valence-electron chi connectivity index (χ0n) is 13.0. The van der Waals surface area contributed by atoms with E-state index >= 15 is 0 Å². The molecule has 0 bridgehead atoms. The van der Waals surface area contributed by atoms with Gasteiger partial charge < -0.3 is 10.6 Å². The largest absolute Gasteiger partial charge is 0.417 e. The number of nitrogens with one attached hydrogen (secondary N) is 2. The number of rotatable bonds is 5. The van der Waals surface area contributed by atoms with Crippen LogP contribution >= 0.6 is 35.4 Å². The molecule has 0 saturated carbocycles. The van der Waals surface area contributed by atoms with Crippen molar-refractivity contribution >= 4 is 46.2 Å². The topological polar surface area (TPSA) is 24.1 Å². The molecule has 0 saturated heterocycles. The molecular weight excluding hydrogens is 392 g/mol. The Hall–Kier alpha value is -1.50. The highest BCUT2D eigenvalue weighted by atomic mass is 35.5. The molecule has 0 aliphatic heterocycles. The normalized spacial score (nSPS) is 11.2. The van der Waals surface area contributed by atoms with E-state index < -0.39 is 11.7 Å². The van der Waals surface area contributed by atoms with E-state index in [2.05, 4.69) is 10.6 Å². The fraction of sp³-hybridized carbons (Fsp3) is 0.235. The molecule has 25 heavy (non-hydrogen) atoms. The van der Waals surface area contributed by atoms with Crippen LogP contribution in [0.1, 0.15) is 17.5 Å². The number of hydrogen-bond donors (Lipinski definition) is 2. The lowest BCUT2D eigenvalue weighted by molar-refractivity contribution is -0.137. The lowest BCUT2D eigenvalue weighted by Gasteiger charge is -2.14. The molecule has 0 atom stereocenters. The van der Waals surface area contributed by atoms with E-state index in [1.54, 1.807) is 0 Å². The van der Waals surface area contributed by atoms with Crippen LogP contribution in [-0.4, -0.2) is 11.7 Å². The van der Waals surface area contributed by atoms with E-state index in [4.69, 9.17) is 35.4 Å². The Bertz CT molecular complexity index is 751. The van der Waals surface area contributed by atoms with Crippen molar-refractivity contribution in [2.75, 3.05) is 11.9 Å². The summed E-state index contributed by atoms with van der Waals surface area (Å²) < 4.78 is 38.5. The summed E-state index contributed by atoms with van der Waals surface area (Å²) in [5.41, 5.74) is 0.360. The van der Waals surface area contributed by atoms with Crippen LogP contribution in [0.3, 0.4) is 0 Å². The molecule has 0 radical (unpaired) electrons. The third kappa shape index (κ3) is 6.06. The summed E-state index contributed by atoms with van der Waals surface area (Å²) >= 11 is 16.8. The van der Waals surface area contributed by atoms with Gasteiger partial charge in [-0.25, -0.2) is 0 Å². The van der Waals surface area contributed by atoms with Gasteiger partial charge in [-0.2, -0.15) is 13.2 Å². The van der Waals surface area contributed by atoms with Gasteiger partial charge in [0.15, 0.2) is 5.11 Å². The van der Waals surface area contributed by atoms with Crippen molar-refractivity contribution < 1.29 is 13.2 Å². The summed E-state index contributed by atoms with van der Waals surface area (Å²) in [4.78, 5) is 0. The van der Waals surface area contributed by atoms with Crippen LogP contribution in [0.5, 0.6) is 0 Å². The fourth-order valence-corrected chi connectivity index (χ4v) is 2.85. The van der Waals surface area contributed by atoms with Crippen molar-refractivity contribution in [1.29, 1.82) is 0 Å². The number of anilines is 1. The van der Waals surface area contributed by atoms with Gasteiger partial charge in [0.05, 0.1) is 10.6 Å². The summed E-state index contributed by atoms with van der Waals surface area (Å²) in [6, 6.07) is 11.1. The van der Waals surface area contributed by atoms with Crippen LogP contribution in [-0.2, 0) is 12.6 Å². The molecule has 0 fully saturated rings. The van der Waals surface area contributed by atoms with Crippen molar-refractivity contribution in [3.05, 3.63) is 63.6 Å². The standard InChI is InChI=1S/C17H15Cl2F3N2S/c18-14-6-2-1-4-11(14)5-3-9-23-16(25)24-12-7-8-15(19)13(10-12)17(20,21)22/h1-2,4,6-8,10H,3,5,9H2,(H2,23,24,25). The van der Waals surface area contributed by atoms with Gasteiger partial charge in [-0.1, -0.05) is 41.4 Å². The molecule has 0 aliphatic rings. The molecule has 2 aromatic rings. The van der Waals surface area contributed by atoms with Crippen LogP contribution in [0.15, 0.2) is 42.5 Å². The Kier molecular flexibility index (Phi) is 6.93. The van der Waals surface area contributed by atoms with Crippen LogP contribution in [0, 0.1) is 0 Å². The summed E-state index contributed by atoms with van der Waals surface area (Å²) in [7, 11) is 0. The van der Waals surface area contributed by atoms with E-state index in [0.717, 1.165) is 24.5 Å². The van der Waals surface area contributed by atoms with Crippen LogP contribution in [0.25, 0.3) is 0 Å². The molecule has 0 heterocycles. The first-order valence-electron chi connectivity index (χ1n) is 7.42. The minimum absolute atomic E-state index is 0.223. The number of halogens is 5. The molecule has 134 valence electrons. The number of hydrogen-bond acceptors (Lipinski definition) is 1. The van der Waals surface area contributed by atoms with E-state index in [1.807, 2.05) is 24.3 Å².